The van der Waals surface area contributed by atoms with Crippen molar-refractivity contribution in [1.29, 1.82) is 0 Å². The minimum atomic E-state index is -1.22. The van der Waals surface area contributed by atoms with Gasteiger partial charge in [-0.2, -0.15) is 0 Å². The van der Waals surface area contributed by atoms with Gasteiger partial charge in [0.1, 0.15) is 5.82 Å². The van der Waals surface area contributed by atoms with Crippen molar-refractivity contribution in [2.75, 3.05) is 7.11 Å². The maximum atomic E-state index is 13.6. The third kappa shape index (κ3) is 1.59. The summed E-state index contributed by atoms with van der Waals surface area (Å²) in [5, 5.41) is 19.6. The fourth-order valence-corrected chi connectivity index (χ4v) is 2.14. The second kappa shape index (κ2) is 3.35. The van der Waals surface area contributed by atoms with E-state index >= 15 is 0 Å². The molecule has 1 aromatic carbocycles. The van der Waals surface area contributed by atoms with E-state index in [1.54, 1.807) is 0 Å². The monoisotopic (exact) mass is 276 g/mol. The highest BCUT2D eigenvalue weighted by Crippen LogP contribution is 2.53. The molecular formula is C10H10BrFO3. The second-order valence-corrected chi connectivity index (χ2v) is 4.48. The molecule has 0 unspecified atom stereocenters. The molecule has 0 spiro atoms. The van der Waals surface area contributed by atoms with E-state index in [2.05, 4.69) is 15.9 Å². The highest BCUT2D eigenvalue weighted by molar-refractivity contribution is 9.10. The van der Waals surface area contributed by atoms with Crippen LogP contribution >= 0.6 is 15.9 Å². The Bertz CT molecular complexity index is 416. The van der Waals surface area contributed by atoms with Crippen LogP contribution in [0.5, 0.6) is 11.5 Å². The number of hydrogen-bond acceptors (Lipinski definition) is 3. The van der Waals surface area contributed by atoms with Gasteiger partial charge in [0.25, 0.3) is 0 Å². The van der Waals surface area contributed by atoms with Crippen LogP contribution < -0.4 is 4.74 Å². The van der Waals surface area contributed by atoms with Crippen LogP contribution in [0, 0.1) is 5.82 Å². The predicted octanol–water partition coefficient (Wildman–Crippen LogP) is 2.28. The van der Waals surface area contributed by atoms with Crippen molar-refractivity contribution in [3.63, 3.8) is 0 Å². The molecular weight excluding hydrogens is 267 g/mol. The van der Waals surface area contributed by atoms with Crippen molar-refractivity contribution in [3.8, 4) is 11.5 Å². The van der Waals surface area contributed by atoms with E-state index in [0.717, 1.165) is 0 Å². The van der Waals surface area contributed by atoms with Crippen LogP contribution in [0.1, 0.15) is 18.4 Å². The molecule has 0 atom stereocenters. The Morgan fingerprint density at radius 1 is 1.53 bits per heavy atom. The maximum Gasteiger partial charge on any atom is 0.175 e. The number of hydrogen-bond donors (Lipinski definition) is 2. The lowest BCUT2D eigenvalue weighted by Gasteiger charge is -2.15. The normalized spacial score (nSPS) is 17.6. The molecule has 1 aromatic rings. The van der Waals surface area contributed by atoms with Crippen LogP contribution in [-0.2, 0) is 5.60 Å². The van der Waals surface area contributed by atoms with Gasteiger partial charge in [0, 0.05) is 0 Å². The summed E-state index contributed by atoms with van der Waals surface area (Å²) in [6, 6.07) is 1.18. The van der Waals surface area contributed by atoms with Gasteiger partial charge in [0.2, 0.25) is 0 Å². The van der Waals surface area contributed by atoms with Crippen LogP contribution in [-0.4, -0.2) is 17.3 Å². The van der Waals surface area contributed by atoms with Crippen LogP contribution in [0.4, 0.5) is 4.39 Å². The third-order valence-corrected chi connectivity index (χ3v) is 3.14. The molecule has 0 radical (unpaired) electrons. The number of methoxy groups -OCH3 is 1. The molecule has 15 heavy (non-hydrogen) atoms. The highest BCUT2D eigenvalue weighted by Gasteiger charge is 2.47. The summed E-state index contributed by atoms with van der Waals surface area (Å²) in [5.74, 6) is -0.809. The molecule has 1 fully saturated rings. The van der Waals surface area contributed by atoms with Crippen LogP contribution in [0.3, 0.4) is 0 Å². The summed E-state index contributed by atoms with van der Waals surface area (Å²) in [6.07, 6.45) is 0.921. The summed E-state index contributed by atoms with van der Waals surface area (Å²) >= 11 is 3.07. The zero-order valence-corrected chi connectivity index (χ0v) is 9.64. The topological polar surface area (TPSA) is 49.7 Å². The molecule has 2 N–H and O–H groups in total. The number of phenols is 1. The number of aromatic hydroxyl groups is 1. The largest absolute Gasteiger partial charge is 0.504 e. The molecule has 82 valence electrons. The van der Waals surface area contributed by atoms with Gasteiger partial charge in [-0.15, -0.1) is 0 Å². The number of rotatable bonds is 2. The van der Waals surface area contributed by atoms with E-state index in [4.69, 9.17) is 4.74 Å². The van der Waals surface area contributed by atoms with Crippen molar-refractivity contribution in [1.82, 2.24) is 0 Å². The molecule has 0 saturated heterocycles. The summed E-state index contributed by atoms with van der Waals surface area (Å²) in [6.45, 7) is 0. The lowest BCUT2D eigenvalue weighted by atomic mass is 10.1. The van der Waals surface area contributed by atoms with Crippen LogP contribution in [0.2, 0.25) is 0 Å². The van der Waals surface area contributed by atoms with E-state index in [9.17, 15) is 14.6 Å². The lowest BCUT2D eigenvalue weighted by Crippen LogP contribution is -2.08. The molecule has 1 saturated carbocycles. The Morgan fingerprint density at radius 3 is 2.60 bits per heavy atom. The van der Waals surface area contributed by atoms with E-state index < -0.39 is 11.4 Å². The molecule has 2 rings (SSSR count). The third-order valence-electron chi connectivity index (χ3n) is 2.55. The van der Waals surface area contributed by atoms with E-state index in [0.29, 0.717) is 17.3 Å². The van der Waals surface area contributed by atoms with Gasteiger partial charge < -0.3 is 14.9 Å². The Labute approximate surface area is 94.6 Å². The SMILES string of the molecule is COc1c(Br)cc(F)c(C2(O)CC2)c1O. The predicted molar refractivity (Wildman–Crippen MR) is 55.4 cm³/mol. The molecule has 0 aliphatic heterocycles. The van der Waals surface area contributed by atoms with Crippen molar-refractivity contribution in [3.05, 3.63) is 21.9 Å². The fourth-order valence-electron chi connectivity index (χ4n) is 1.59. The van der Waals surface area contributed by atoms with Gasteiger partial charge in [-0.05, 0) is 34.8 Å². The summed E-state index contributed by atoms with van der Waals surface area (Å²) in [4.78, 5) is 0. The molecule has 5 heteroatoms. The first-order valence-electron chi connectivity index (χ1n) is 4.47. The molecule has 0 heterocycles. The van der Waals surface area contributed by atoms with Crippen molar-refractivity contribution in [2.45, 2.75) is 18.4 Å². The minimum absolute atomic E-state index is 0.0671. The molecule has 0 amide bonds. The maximum absolute atomic E-state index is 13.6. The summed E-state index contributed by atoms with van der Waals surface area (Å²) < 4.78 is 18.8. The first-order valence-corrected chi connectivity index (χ1v) is 5.27. The standard InChI is InChI=1S/C10H10BrFO3/c1-15-9-5(11)4-6(12)7(8(9)13)10(14)2-3-10/h4,13-14H,2-3H2,1H3. The molecule has 0 aromatic heterocycles. The Kier molecular flexibility index (Phi) is 2.39. The number of halogens is 2. The van der Waals surface area contributed by atoms with Gasteiger partial charge >= 0.3 is 0 Å². The zero-order chi connectivity index (χ0) is 11.2. The summed E-state index contributed by atoms with van der Waals surface area (Å²) in [7, 11) is 1.37. The minimum Gasteiger partial charge on any atom is -0.504 e. The number of benzene rings is 1. The van der Waals surface area contributed by atoms with Gasteiger partial charge in [0.05, 0.1) is 22.7 Å². The first-order chi connectivity index (χ1) is 6.99. The Morgan fingerprint density at radius 2 is 2.13 bits per heavy atom. The molecule has 3 nitrogen and oxygen atoms in total. The summed E-state index contributed by atoms with van der Waals surface area (Å²) in [5.41, 5.74) is -1.29. The van der Waals surface area contributed by atoms with Gasteiger partial charge in [-0.3, -0.25) is 0 Å². The van der Waals surface area contributed by atoms with Crippen molar-refractivity contribution < 1.29 is 19.3 Å². The molecule has 0 bridgehead atoms. The van der Waals surface area contributed by atoms with Crippen LogP contribution in [0.25, 0.3) is 0 Å². The molecule has 1 aliphatic carbocycles. The first kappa shape index (κ1) is 10.7. The molecule has 1 aliphatic rings. The smallest absolute Gasteiger partial charge is 0.175 e. The van der Waals surface area contributed by atoms with Gasteiger partial charge in [-0.1, -0.05) is 0 Å². The lowest BCUT2D eigenvalue weighted by molar-refractivity contribution is 0.142. The fraction of sp³-hybridized carbons (Fsp3) is 0.400. The van der Waals surface area contributed by atoms with Crippen molar-refractivity contribution >= 4 is 15.9 Å². The number of ether oxygens (including phenoxy) is 1. The van der Waals surface area contributed by atoms with E-state index in [1.165, 1.54) is 13.2 Å². The van der Waals surface area contributed by atoms with Gasteiger partial charge in [0.15, 0.2) is 11.5 Å². The average Bonchev–Trinajstić information content (AvgIpc) is 2.83. The van der Waals surface area contributed by atoms with E-state index in [-0.39, 0.29) is 17.1 Å². The zero-order valence-electron chi connectivity index (χ0n) is 8.05. The van der Waals surface area contributed by atoms with Gasteiger partial charge in [-0.25, -0.2) is 4.39 Å². The van der Waals surface area contributed by atoms with Crippen molar-refractivity contribution in [2.24, 2.45) is 0 Å². The quantitative estimate of drug-likeness (QED) is 0.872. The highest BCUT2D eigenvalue weighted by atomic mass is 79.9. The number of phenolic OH excluding ortho intramolecular Hbond substituents is 1. The number of aliphatic hydroxyl groups is 1. The second-order valence-electron chi connectivity index (χ2n) is 3.63. The van der Waals surface area contributed by atoms with E-state index in [1.807, 2.05) is 0 Å². The van der Waals surface area contributed by atoms with Crippen LogP contribution in [0.15, 0.2) is 10.5 Å². The Hall–Kier alpha value is -0.810. The Balaban J connectivity index is 2.64. The average molecular weight is 277 g/mol.